The molecule has 0 aliphatic heterocycles. The zero-order chi connectivity index (χ0) is 7.68. The van der Waals surface area contributed by atoms with Crippen molar-refractivity contribution < 1.29 is 0 Å². The molecule has 1 aromatic carbocycles. The monoisotopic (exact) mass is 147 g/mol. The van der Waals surface area contributed by atoms with Crippen LogP contribution in [0.15, 0.2) is 18.2 Å². The van der Waals surface area contributed by atoms with Gasteiger partial charge < -0.3 is 5.32 Å². The molecule has 1 nitrogen and oxygen atoms in total. The van der Waals surface area contributed by atoms with Gasteiger partial charge in [-0.1, -0.05) is 12.1 Å². The van der Waals surface area contributed by atoms with Crippen molar-refractivity contribution in [3.63, 3.8) is 0 Å². The number of nitrogens with one attached hydrogen (secondary N) is 1. The Morgan fingerprint density at radius 3 is 3.00 bits per heavy atom. The number of fused-ring (bicyclic) bond motifs is 1. The van der Waals surface area contributed by atoms with Gasteiger partial charge in [0.25, 0.3) is 0 Å². The molecule has 0 amide bonds. The quantitative estimate of drug-likeness (QED) is 0.642. The first kappa shape index (κ1) is 6.71. The lowest BCUT2D eigenvalue weighted by molar-refractivity contribution is 0.912. The highest BCUT2D eigenvalue weighted by Crippen LogP contribution is 2.27. The summed E-state index contributed by atoms with van der Waals surface area (Å²) in [6.07, 6.45) is 3.85. The fourth-order valence-electron chi connectivity index (χ4n) is 1.85. The first-order valence-electron chi connectivity index (χ1n) is 4.20. The van der Waals surface area contributed by atoms with Crippen LogP contribution in [0.4, 0.5) is 5.69 Å². The molecule has 1 aliphatic carbocycles. The van der Waals surface area contributed by atoms with Crippen molar-refractivity contribution in [2.75, 3.05) is 12.4 Å². The fraction of sp³-hybridized carbons (Fsp3) is 0.400. The number of hydrogen-bond donors (Lipinski definition) is 1. The number of aryl methyl sites for hydroxylation is 1. The van der Waals surface area contributed by atoms with Crippen LogP contribution in [0.2, 0.25) is 0 Å². The van der Waals surface area contributed by atoms with E-state index in [1.165, 1.54) is 36.1 Å². The second-order valence-electron chi connectivity index (χ2n) is 3.05. The van der Waals surface area contributed by atoms with Crippen LogP contribution in [0.1, 0.15) is 17.5 Å². The largest absolute Gasteiger partial charge is 0.388 e. The van der Waals surface area contributed by atoms with E-state index in [1.807, 2.05) is 7.05 Å². The van der Waals surface area contributed by atoms with Crippen LogP contribution >= 0.6 is 0 Å². The lowest BCUT2D eigenvalue weighted by atomic mass is 10.1. The topological polar surface area (TPSA) is 12.0 Å². The first-order chi connectivity index (χ1) is 5.42. The van der Waals surface area contributed by atoms with E-state index in [2.05, 4.69) is 23.5 Å². The van der Waals surface area contributed by atoms with Gasteiger partial charge in [-0.25, -0.2) is 0 Å². The molecule has 58 valence electrons. The summed E-state index contributed by atoms with van der Waals surface area (Å²) in [5, 5.41) is 3.23. The van der Waals surface area contributed by atoms with E-state index in [-0.39, 0.29) is 0 Å². The molecule has 0 atom stereocenters. The number of hydrogen-bond acceptors (Lipinski definition) is 1. The van der Waals surface area contributed by atoms with Crippen LogP contribution < -0.4 is 5.32 Å². The van der Waals surface area contributed by atoms with Gasteiger partial charge in [-0.15, -0.1) is 0 Å². The molecule has 0 saturated heterocycles. The highest BCUT2D eigenvalue weighted by molar-refractivity contribution is 5.55. The Bertz CT molecular complexity index is 266. The van der Waals surface area contributed by atoms with Crippen LogP contribution in [0.25, 0.3) is 0 Å². The van der Waals surface area contributed by atoms with Gasteiger partial charge in [0.05, 0.1) is 0 Å². The van der Waals surface area contributed by atoms with Crippen LogP contribution in [0.5, 0.6) is 0 Å². The third-order valence-electron chi connectivity index (χ3n) is 2.42. The predicted octanol–water partition coefficient (Wildman–Crippen LogP) is 2.22. The molecule has 1 aromatic rings. The van der Waals surface area contributed by atoms with Crippen LogP contribution in [0, 0.1) is 0 Å². The predicted molar refractivity (Wildman–Crippen MR) is 48.0 cm³/mol. The Morgan fingerprint density at radius 2 is 2.18 bits per heavy atom. The third-order valence-corrected chi connectivity index (χ3v) is 2.42. The van der Waals surface area contributed by atoms with Crippen LogP contribution in [-0.4, -0.2) is 7.05 Å². The van der Waals surface area contributed by atoms with Gasteiger partial charge in [0.15, 0.2) is 0 Å². The molecule has 0 spiro atoms. The number of anilines is 1. The molecule has 2 rings (SSSR count). The molecule has 0 bridgehead atoms. The summed E-state index contributed by atoms with van der Waals surface area (Å²) >= 11 is 0. The maximum Gasteiger partial charge on any atom is 0.0372 e. The lowest BCUT2D eigenvalue weighted by Crippen LogP contribution is -1.93. The number of benzene rings is 1. The van der Waals surface area contributed by atoms with E-state index in [1.54, 1.807) is 0 Å². The van der Waals surface area contributed by atoms with Crippen molar-refractivity contribution in [3.8, 4) is 0 Å². The van der Waals surface area contributed by atoms with E-state index >= 15 is 0 Å². The van der Waals surface area contributed by atoms with Gasteiger partial charge in [-0.3, -0.25) is 0 Å². The lowest BCUT2D eigenvalue weighted by Gasteiger charge is -2.06. The van der Waals surface area contributed by atoms with Gasteiger partial charge >= 0.3 is 0 Å². The molecule has 1 heteroatoms. The molecular formula is C10H13N. The summed E-state index contributed by atoms with van der Waals surface area (Å²) in [4.78, 5) is 0. The Morgan fingerprint density at radius 1 is 1.27 bits per heavy atom. The van der Waals surface area contributed by atoms with Crippen molar-refractivity contribution >= 4 is 5.69 Å². The zero-order valence-electron chi connectivity index (χ0n) is 6.85. The molecule has 0 aromatic heterocycles. The van der Waals surface area contributed by atoms with E-state index < -0.39 is 0 Å². The summed E-state index contributed by atoms with van der Waals surface area (Å²) < 4.78 is 0. The second-order valence-corrected chi connectivity index (χ2v) is 3.05. The number of rotatable bonds is 1. The van der Waals surface area contributed by atoms with E-state index in [4.69, 9.17) is 0 Å². The van der Waals surface area contributed by atoms with E-state index in [9.17, 15) is 0 Å². The Balaban J connectivity index is 2.50. The minimum atomic E-state index is 1.26. The summed E-state index contributed by atoms with van der Waals surface area (Å²) in [5.74, 6) is 0. The minimum Gasteiger partial charge on any atom is -0.388 e. The summed E-state index contributed by atoms with van der Waals surface area (Å²) in [6.45, 7) is 0. The highest BCUT2D eigenvalue weighted by atomic mass is 14.8. The third kappa shape index (κ3) is 1.01. The molecule has 0 unspecified atom stereocenters. The van der Waals surface area contributed by atoms with Gasteiger partial charge in [0.2, 0.25) is 0 Å². The van der Waals surface area contributed by atoms with Gasteiger partial charge in [0, 0.05) is 12.7 Å². The average molecular weight is 147 g/mol. The normalized spacial score (nSPS) is 14.6. The first-order valence-corrected chi connectivity index (χ1v) is 4.20. The summed E-state index contributed by atoms with van der Waals surface area (Å²) in [6, 6.07) is 6.53. The molecule has 0 heterocycles. The SMILES string of the molecule is CNc1cccc2c1CCC2. The fourth-order valence-corrected chi connectivity index (χ4v) is 1.85. The van der Waals surface area contributed by atoms with Crippen LogP contribution in [-0.2, 0) is 12.8 Å². The van der Waals surface area contributed by atoms with Crippen molar-refractivity contribution in [1.29, 1.82) is 0 Å². The van der Waals surface area contributed by atoms with Crippen molar-refractivity contribution in [3.05, 3.63) is 29.3 Å². The summed E-state index contributed by atoms with van der Waals surface area (Å²) in [7, 11) is 1.99. The molecule has 11 heavy (non-hydrogen) atoms. The van der Waals surface area contributed by atoms with Crippen molar-refractivity contribution in [2.24, 2.45) is 0 Å². The Labute approximate surface area is 67.4 Å². The smallest absolute Gasteiger partial charge is 0.0372 e. The second kappa shape index (κ2) is 2.57. The summed E-state index contributed by atoms with van der Waals surface area (Å²) in [5.41, 5.74) is 4.40. The zero-order valence-corrected chi connectivity index (χ0v) is 6.85. The van der Waals surface area contributed by atoms with Gasteiger partial charge in [-0.05, 0) is 36.5 Å². The Hall–Kier alpha value is -0.980. The molecule has 0 radical (unpaired) electrons. The molecule has 1 N–H and O–H groups in total. The van der Waals surface area contributed by atoms with Crippen LogP contribution in [0.3, 0.4) is 0 Å². The molecule has 1 aliphatic rings. The standard InChI is InChI=1S/C10H13N/c1-11-10-7-3-5-8-4-2-6-9(8)10/h3,5,7,11H,2,4,6H2,1H3. The molecule has 0 fully saturated rings. The highest BCUT2D eigenvalue weighted by Gasteiger charge is 2.12. The van der Waals surface area contributed by atoms with Gasteiger partial charge in [0.1, 0.15) is 0 Å². The molecule has 0 saturated carbocycles. The van der Waals surface area contributed by atoms with E-state index in [0.29, 0.717) is 0 Å². The van der Waals surface area contributed by atoms with Crippen molar-refractivity contribution in [2.45, 2.75) is 19.3 Å². The minimum absolute atomic E-state index is 1.26. The molecular weight excluding hydrogens is 134 g/mol. The maximum atomic E-state index is 3.23. The van der Waals surface area contributed by atoms with E-state index in [0.717, 1.165) is 0 Å². The average Bonchev–Trinajstić information content (AvgIpc) is 2.50. The van der Waals surface area contributed by atoms with Crippen molar-refractivity contribution in [1.82, 2.24) is 0 Å². The Kier molecular flexibility index (Phi) is 1.57. The maximum absolute atomic E-state index is 3.23. The van der Waals surface area contributed by atoms with Gasteiger partial charge in [-0.2, -0.15) is 0 Å².